The number of piperazine rings is 1. The summed E-state index contributed by atoms with van der Waals surface area (Å²) in [6, 6.07) is 1.98. The third-order valence-corrected chi connectivity index (χ3v) is 2.80. The first-order chi connectivity index (χ1) is 7.45. The molecule has 0 radical (unpaired) electrons. The zero-order valence-corrected chi connectivity index (χ0v) is 8.44. The highest BCUT2D eigenvalue weighted by atomic mass is 16.3. The summed E-state index contributed by atoms with van der Waals surface area (Å²) in [5.41, 5.74) is 0. The fourth-order valence-corrected chi connectivity index (χ4v) is 2.00. The molecule has 0 unspecified atom stereocenters. The Labute approximate surface area is 87.9 Å². The highest BCUT2D eigenvalue weighted by molar-refractivity contribution is 5.91. The summed E-state index contributed by atoms with van der Waals surface area (Å²) in [5.74, 6) is 1.04. The second-order valence-corrected chi connectivity index (χ2v) is 3.75. The predicted octanol–water partition coefficient (Wildman–Crippen LogP) is 1.24. The van der Waals surface area contributed by atoms with Crippen LogP contribution in [-0.4, -0.2) is 31.2 Å². The van der Waals surface area contributed by atoms with E-state index in [1.54, 1.807) is 12.5 Å². The van der Waals surface area contributed by atoms with E-state index in [0.717, 1.165) is 42.8 Å². The fourth-order valence-electron chi connectivity index (χ4n) is 2.00. The monoisotopic (exact) mass is 203 g/mol. The van der Waals surface area contributed by atoms with E-state index >= 15 is 0 Å². The van der Waals surface area contributed by atoms with Gasteiger partial charge in [-0.3, -0.25) is 0 Å². The van der Waals surface area contributed by atoms with Crippen LogP contribution in [0.2, 0.25) is 0 Å². The Morgan fingerprint density at radius 2 is 2.13 bits per heavy atom. The Morgan fingerprint density at radius 3 is 3.00 bits per heavy atom. The number of nitrogens with zero attached hydrogens (tertiary/aromatic N) is 2. The van der Waals surface area contributed by atoms with Crippen molar-refractivity contribution < 1.29 is 4.42 Å². The van der Waals surface area contributed by atoms with Gasteiger partial charge < -0.3 is 14.6 Å². The zero-order valence-electron chi connectivity index (χ0n) is 8.44. The van der Waals surface area contributed by atoms with E-state index in [4.69, 9.17) is 4.42 Å². The van der Waals surface area contributed by atoms with Crippen molar-refractivity contribution in [1.29, 1.82) is 0 Å². The molecule has 0 spiro atoms. The molecule has 0 amide bonds. The van der Waals surface area contributed by atoms with E-state index in [2.05, 4.69) is 15.2 Å². The third kappa shape index (κ3) is 1.47. The van der Waals surface area contributed by atoms with Gasteiger partial charge in [-0.05, 0) is 6.07 Å². The van der Waals surface area contributed by atoms with Gasteiger partial charge in [0, 0.05) is 37.8 Å². The van der Waals surface area contributed by atoms with Gasteiger partial charge in [0.2, 0.25) is 0 Å². The van der Waals surface area contributed by atoms with Crippen LogP contribution < -0.4 is 10.2 Å². The number of hydrogen-bond donors (Lipinski definition) is 1. The summed E-state index contributed by atoms with van der Waals surface area (Å²) in [6.45, 7) is 4.07. The number of fused-ring (bicyclic) bond motifs is 1. The molecule has 0 bridgehead atoms. The van der Waals surface area contributed by atoms with Crippen LogP contribution in [0.5, 0.6) is 0 Å². The highest BCUT2D eigenvalue weighted by Gasteiger charge is 2.14. The molecule has 1 aliphatic rings. The van der Waals surface area contributed by atoms with Gasteiger partial charge in [0.25, 0.3) is 0 Å². The number of aromatic nitrogens is 1. The number of pyridine rings is 1. The lowest BCUT2D eigenvalue weighted by atomic mass is 10.2. The molecule has 1 fully saturated rings. The number of anilines is 1. The molecule has 0 saturated carbocycles. The van der Waals surface area contributed by atoms with Gasteiger partial charge in [-0.1, -0.05) is 0 Å². The van der Waals surface area contributed by atoms with Crippen molar-refractivity contribution in [3.05, 3.63) is 24.8 Å². The molecule has 1 N–H and O–H groups in total. The van der Waals surface area contributed by atoms with Crippen LogP contribution in [-0.2, 0) is 0 Å². The average Bonchev–Trinajstić information content (AvgIpc) is 2.78. The van der Waals surface area contributed by atoms with Gasteiger partial charge >= 0.3 is 0 Å². The van der Waals surface area contributed by atoms with E-state index in [1.165, 1.54) is 0 Å². The minimum Gasteiger partial charge on any atom is -0.471 e. The molecule has 4 nitrogen and oxygen atoms in total. The SMILES string of the molecule is c1cc2cocc2c(N2CCNCC2)n1. The predicted molar refractivity (Wildman–Crippen MR) is 59.1 cm³/mol. The zero-order chi connectivity index (χ0) is 10.1. The average molecular weight is 203 g/mol. The maximum atomic E-state index is 5.21. The Morgan fingerprint density at radius 1 is 1.27 bits per heavy atom. The standard InChI is InChI=1S/C11H13N3O/c1-2-13-11(10-8-15-7-9(1)10)14-5-3-12-4-6-14/h1-2,7-8,12H,3-6H2. The molecule has 0 aromatic carbocycles. The molecule has 0 atom stereocenters. The molecular weight excluding hydrogens is 190 g/mol. The first-order valence-electron chi connectivity index (χ1n) is 5.22. The summed E-state index contributed by atoms with van der Waals surface area (Å²) >= 11 is 0. The van der Waals surface area contributed by atoms with Gasteiger partial charge in [-0.2, -0.15) is 0 Å². The van der Waals surface area contributed by atoms with E-state index in [-0.39, 0.29) is 0 Å². The van der Waals surface area contributed by atoms with E-state index in [9.17, 15) is 0 Å². The van der Waals surface area contributed by atoms with Crippen LogP contribution in [0.1, 0.15) is 0 Å². The lowest BCUT2D eigenvalue weighted by Crippen LogP contribution is -2.43. The largest absolute Gasteiger partial charge is 0.471 e. The number of rotatable bonds is 1. The molecule has 78 valence electrons. The Balaban J connectivity index is 2.05. The van der Waals surface area contributed by atoms with Gasteiger partial charge in [0.1, 0.15) is 12.1 Å². The summed E-state index contributed by atoms with van der Waals surface area (Å²) in [5, 5.41) is 5.57. The first-order valence-corrected chi connectivity index (χ1v) is 5.22. The van der Waals surface area contributed by atoms with Crippen LogP contribution in [0, 0.1) is 0 Å². The van der Waals surface area contributed by atoms with Crippen LogP contribution in [0.25, 0.3) is 10.8 Å². The van der Waals surface area contributed by atoms with Gasteiger partial charge in [0.05, 0.1) is 11.6 Å². The van der Waals surface area contributed by atoms with Crippen molar-refractivity contribution >= 4 is 16.6 Å². The van der Waals surface area contributed by atoms with Crippen LogP contribution in [0.4, 0.5) is 5.82 Å². The minimum atomic E-state index is 1.01. The Bertz CT molecular complexity index is 460. The van der Waals surface area contributed by atoms with E-state index < -0.39 is 0 Å². The minimum absolute atomic E-state index is 1.01. The highest BCUT2D eigenvalue weighted by Crippen LogP contribution is 2.25. The van der Waals surface area contributed by atoms with Crippen molar-refractivity contribution in [2.45, 2.75) is 0 Å². The second kappa shape index (κ2) is 3.55. The smallest absolute Gasteiger partial charge is 0.139 e. The Kier molecular flexibility index (Phi) is 2.07. The summed E-state index contributed by atoms with van der Waals surface area (Å²) in [4.78, 5) is 6.74. The molecule has 1 saturated heterocycles. The number of hydrogen-bond acceptors (Lipinski definition) is 4. The molecule has 15 heavy (non-hydrogen) atoms. The maximum Gasteiger partial charge on any atom is 0.139 e. The topological polar surface area (TPSA) is 41.3 Å². The van der Waals surface area contributed by atoms with Gasteiger partial charge in [0.15, 0.2) is 0 Å². The molecule has 3 heterocycles. The molecule has 4 heteroatoms. The van der Waals surface area contributed by atoms with Crippen LogP contribution in [0.15, 0.2) is 29.2 Å². The quantitative estimate of drug-likeness (QED) is 0.757. The van der Waals surface area contributed by atoms with Crippen LogP contribution in [0.3, 0.4) is 0 Å². The molecular formula is C11H13N3O. The van der Waals surface area contributed by atoms with Gasteiger partial charge in [-0.25, -0.2) is 4.98 Å². The maximum absolute atomic E-state index is 5.21. The molecule has 0 aliphatic carbocycles. The van der Waals surface area contributed by atoms with Crippen molar-refractivity contribution in [3.8, 4) is 0 Å². The summed E-state index contributed by atoms with van der Waals surface area (Å²) in [7, 11) is 0. The van der Waals surface area contributed by atoms with Crippen molar-refractivity contribution in [1.82, 2.24) is 10.3 Å². The molecule has 2 aromatic rings. The first kappa shape index (κ1) is 8.73. The lowest BCUT2D eigenvalue weighted by molar-refractivity contribution is 0.571. The normalized spacial score (nSPS) is 17.2. The summed E-state index contributed by atoms with van der Waals surface area (Å²) in [6.07, 6.45) is 5.39. The third-order valence-electron chi connectivity index (χ3n) is 2.80. The van der Waals surface area contributed by atoms with Crippen LogP contribution >= 0.6 is 0 Å². The van der Waals surface area contributed by atoms with Crippen molar-refractivity contribution in [2.24, 2.45) is 0 Å². The fraction of sp³-hybridized carbons (Fsp3) is 0.364. The van der Waals surface area contributed by atoms with E-state index in [1.807, 2.05) is 12.3 Å². The summed E-state index contributed by atoms with van der Waals surface area (Å²) < 4.78 is 5.21. The molecule has 1 aliphatic heterocycles. The number of furan rings is 1. The van der Waals surface area contributed by atoms with E-state index in [0.29, 0.717) is 0 Å². The Hall–Kier alpha value is -1.55. The van der Waals surface area contributed by atoms with Crippen molar-refractivity contribution in [3.63, 3.8) is 0 Å². The van der Waals surface area contributed by atoms with Gasteiger partial charge in [-0.15, -0.1) is 0 Å². The molecule has 2 aromatic heterocycles. The number of nitrogens with one attached hydrogen (secondary N) is 1. The lowest BCUT2D eigenvalue weighted by Gasteiger charge is -2.28. The second-order valence-electron chi connectivity index (χ2n) is 3.75. The molecule has 3 rings (SSSR count). The van der Waals surface area contributed by atoms with Crippen molar-refractivity contribution in [2.75, 3.05) is 31.1 Å².